The van der Waals surface area contributed by atoms with Crippen LogP contribution in [0.15, 0.2) is 53.4 Å². The number of aryl methyl sites for hydroxylation is 2. The van der Waals surface area contributed by atoms with Crippen LogP contribution in [0.4, 0.5) is 5.95 Å². The van der Waals surface area contributed by atoms with Crippen LogP contribution >= 0.6 is 11.9 Å². The van der Waals surface area contributed by atoms with Gasteiger partial charge in [0.1, 0.15) is 6.61 Å². The molecule has 2 unspecified atom stereocenters. The number of rotatable bonds is 5. The van der Waals surface area contributed by atoms with Crippen LogP contribution in [-0.2, 0) is 4.74 Å². The maximum Gasteiger partial charge on any atom is 0.254 e. The van der Waals surface area contributed by atoms with Gasteiger partial charge in [0.15, 0.2) is 0 Å². The lowest BCUT2D eigenvalue weighted by Crippen LogP contribution is -2.54. The van der Waals surface area contributed by atoms with Gasteiger partial charge in [-0.1, -0.05) is 65.8 Å². The minimum absolute atomic E-state index is 0.0138. The summed E-state index contributed by atoms with van der Waals surface area (Å²) in [5, 5.41) is 0. The number of carbonyl (C=O) groups excluding carboxylic acids is 1. The van der Waals surface area contributed by atoms with Crippen LogP contribution in [0.5, 0.6) is 5.88 Å². The van der Waals surface area contributed by atoms with Crippen molar-refractivity contribution >= 4 is 23.8 Å². The van der Waals surface area contributed by atoms with E-state index in [0.717, 1.165) is 53.3 Å². The predicted molar refractivity (Wildman–Crippen MR) is 183 cm³/mol. The summed E-state index contributed by atoms with van der Waals surface area (Å²) in [7, 11) is 0. The molecule has 3 heterocycles. The summed E-state index contributed by atoms with van der Waals surface area (Å²) in [5.74, 6) is 0.929. The first-order valence-corrected chi connectivity index (χ1v) is 16.8. The van der Waals surface area contributed by atoms with Crippen molar-refractivity contribution in [3.63, 3.8) is 0 Å². The normalized spacial score (nSPS) is 20.0. The van der Waals surface area contributed by atoms with Gasteiger partial charge in [0, 0.05) is 48.3 Å². The second-order valence-corrected chi connectivity index (χ2v) is 15.8. The molecule has 2 atom stereocenters. The number of hydrogen-bond acceptors (Lipinski definition) is 8. The molecule has 45 heavy (non-hydrogen) atoms. The number of nitrogens with zero attached hydrogens (tertiary/aromatic N) is 4. The van der Waals surface area contributed by atoms with Crippen molar-refractivity contribution in [2.24, 2.45) is 10.8 Å². The number of anilines is 1. The number of ether oxygens (including phenoxy) is 2. The van der Waals surface area contributed by atoms with Crippen molar-refractivity contribution in [2.45, 2.75) is 78.9 Å². The number of benzene rings is 2. The third-order valence-corrected chi connectivity index (χ3v) is 8.85. The SMILES string of the molecule is Cc1cccc(C)c1-c1cc2nc(n1)NSc1cccc(c1)C(=O)N(CC1CN(CC(C)(C)C)CCO1)C(CC(C)(C)C)CO2. The second kappa shape index (κ2) is 13.7. The third kappa shape index (κ3) is 8.99. The summed E-state index contributed by atoms with van der Waals surface area (Å²) in [6.45, 7) is 21.7. The molecule has 0 aliphatic carbocycles. The van der Waals surface area contributed by atoms with Crippen molar-refractivity contribution in [1.82, 2.24) is 19.8 Å². The zero-order chi connectivity index (χ0) is 32.4. The molecule has 0 spiro atoms. The van der Waals surface area contributed by atoms with Gasteiger partial charge in [-0.3, -0.25) is 14.4 Å². The van der Waals surface area contributed by atoms with Crippen molar-refractivity contribution in [3.05, 3.63) is 65.2 Å². The quantitative estimate of drug-likeness (QED) is 0.295. The van der Waals surface area contributed by atoms with Gasteiger partial charge in [0.05, 0.1) is 24.4 Å². The number of morpholine rings is 1. The average Bonchev–Trinajstić information content (AvgIpc) is 2.95. The molecule has 2 aliphatic heterocycles. The van der Waals surface area contributed by atoms with E-state index >= 15 is 0 Å². The number of nitrogens with one attached hydrogen (secondary N) is 1. The largest absolute Gasteiger partial charge is 0.475 e. The molecule has 242 valence electrons. The molecular formula is C36H49N5O3S. The highest BCUT2D eigenvalue weighted by molar-refractivity contribution is 8.00. The van der Waals surface area contributed by atoms with E-state index < -0.39 is 0 Å². The Labute approximate surface area is 273 Å². The first-order chi connectivity index (χ1) is 21.2. The summed E-state index contributed by atoms with van der Waals surface area (Å²) >= 11 is 1.39. The van der Waals surface area contributed by atoms with Crippen LogP contribution in [0.1, 0.15) is 69.4 Å². The number of fused-ring (bicyclic) bond motifs is 4. The molecule has 1 N–H and O–H groups in total. The molecule has 2 aromatic carbocycles. The van der Waals surface area contributed by atoms with Crippen LogP contribution < -0.4 is 9.46 Å². The predicted octanol–water partition coefficient (Wildman–Crippen LogP) is 7.27. The van der Waals surface area contributed by atoms with Crippen LogP contribution in [0.3, 0.4) is 0 Å². The lowest BCUT2D eigenvalue weighted by molar-refractivity contribution is -0.0550. The lowest BCUT2D eigenvalue weighted by atomic mass is 9.87. The standard InChI is InChI=1S/C36H49N5O3S/c1-24-11-9-12-25(2)32(24)30-18-31-38-34(37-30)39-45-29-14-10-13-26(17-29)33(42)41(27(22-44-31)19-35(3,4)5)21-28-20-40(15-16-43-28)23-36(6,7)8/h9-14,17-18,27-28H,15-16,19-23H2,1-8H3,(H,37,38,39). The maximum absolute atomic E-state index is 14.4. The van der Waals surface area contributed by atoms with Crippen molar-refractivity contribution < 1.29 is 14.3 Å². The van der Waals surface area contributed by atoms with Crippen molar-refractivity contribution in [1.29, 1.82) is 0 Å². The molecule has 8 nitrogen and oxygen atoms in total. The number of hydrogen-bond donors (Lipinski definition) is 1. The molecule has 5 rings (SSSR count). The second-order valence-electron chi connectivity index (χ2n) is 14.9. The van der Waals surface area contributed by atoms with Gasteiger partial charge in [-0.25, -0.2) is 4.98 Å². The molecule has 1 aromatic heterocycles. The summed E-state index contributed by atoms with van der Waals surface area (Å²) in [5.41, 5.74) is 4.93. The third-order valence-electron chi connectivity index (χ3n) is 8.08. The van der Waals surface area contributed by atoms with E-state index in [1.807, 2.05) is 35.2 Å². The Hall–Kier alpha value is -3.14. The molecule has 1 amide bonds. The topological polar surface area (TPSA) is 79.8 Å². The Kier molecular flexibility index (Phi) is 10.1. The summed E-state index contributed by atoms with van der Waals surface area (Å²) in [6, 6.07) is 15.7. The molecule has 4 bridgehead atoms. The smallest absolute Gasteiger partial charge is 0.254 e. The summed E-state index contributed by atoms with van der Waals surface area (Å²) < 4.78 is 16.1. The zero-order valence-electron chi connectivity index (χ0n) is 28.1. The van der Waals surface area contributed by atoms with Crippen LogP contribution in [0.2, 0.25) is 0 Å². The first kappa shape index (κ1) is 33.2. The van der Waals surface area contributed by atoms with Gasteiger partial charge in [0.25, 0.3) is 5.91 Å². The van der Waals surface area contributed by atoms with E-state index in [1.165, 1.54) is 11.9 Å². The van der Waals surface area contributed by atoms with E-state index in [2.05, 4.69) is 83.2 Å². The fourth-order valence-electron chi connectivity index (χ4n) is 6.32. The van der Waals surface area contributed by atoms with E-state index in [1.54, 1.807) is 0 Å². The zero-order valence-corrected chi connectivity index (χ0v) is 29.0. The molecule has 0 radical (unpaired) electrons. The number of carbonyl (C=O) groups is 1. The molecule has 1 fully saturated rings. The van der Waals surface area contributed by atoms with E-state index in [9.17, 15) is 4.79 Å². The van der Waals surface area contributed by atoms with Gasteiger partial charge in [-0.2, -0.15) is 4.98 Å². The van der Waals surface area contributed by atoms with Crippen LogP contribution in [0, 0.1) is 24.7 Å². The van der Waals surface area contributed by atoms with E-state index in [-0.39, 0.29) is 28.9 Å². The fraction of sp³-hybridized carbons (Fsp3) is 0.528. The minimum Gasteiger partial charge on any atom is -0.475 e. The van der Waals surface area contributed by atoms with Gasteiger partial charge in [-0.05, 0) is 72.4 Å². The lowest BCUT2D eigenvalue weighted by Gasteiger charge is -2.41. The summed E-state index contributed by atoms with van der Waals surface area (Å²) in [6.07, 6.45) is 0.662. The van der Waals surface area contributed by atoms with Gasteiger partial charge < -0.3 is 14.4 Å². The molecule has 3 aromatic rings. The number of amides is 1. The Morgan fingerprint density at radius 3 is 2.42 bits per heavy atom. The molecule has 0 saturated carbocycles. The first-order valence-electron chi connectivity index (χ1n) is 16.0. The van der Waals surface area contributed by atoms with Crippen LogP contribution in [-0.4, -0.2) is 77.2 Å². The number of aromatic nitrogens is 2. The van der Waals surface area contributed by atoms with Crippen molar-refractivity contribution in [3.8, 4) is 17.1 Å². The van der Waals surface area contributed by atoms with Gasteiger partial charge in [0.2, 0.25) is 11.8 Å². The molecule has 9 heteroatoms. The maximum atomic E-state index is 14.4. The Morgan fingerprint density at radius 1 is 0.978 bits per heavy atom. The summed E-state index contributed by atoms with van der Waals surface area (Å²) in [4.78, 5) is 29.4. The van der Waals surface area contributed by atoms with E-state index in [4.69, 9.17) is 19.4 Å². The average molecular weight is 632 g/mol. The van der Waals surface area contributed by atoms with Crippen LogP contribution in [0.25, 0.3) is 11.3 Å². The highest BCUT2D eigenvalue weighted by Gasteiger charge is 2.34. The highest BCUT2D eigenvalue weighted by Crippen LogP contribution is 2.32. The fourth-order valence-corrected chi connectivity index (χ4v) is 6.96. The molecular weight excluding hydrogens is 582 g/mol. The molecule has 2 aliphatic rings. The molecule has 1 saturated heterocycles. The Balaban J connectivity index is 1.53. The Bertz CT molecular complexity index is 1480. The Morgan fingerprint density at radius 2 is 1.71 bits per heavy atom. The minimum atomic E-state index is -0.203. The highest BCUT2D eigenvalue weighted by atomic mass is 32.2. The van der Waals surface area contributed by atoms with Gasteiger partial charge >= 0.3 is 0 Å². The monoisotopic (exact) mass is 631 g/mol. The van der Waals surface area contributed by atoms with Crippen molar-refractivity contribution in [2.75, 3.05) is 44.1 Å². The van der Waals surface area contributed by atoms with E-state index in [0.29, 0.717) is 37.2 Å². The van der Waals surface area contributed by atoms with Gasteiger partial charge in [-0.15, -0.1) is 0 Å².